The Balaban J connectivity index is 1.36. The zero-order chi connectivity index (χ0) is 22.5. The number of amides is 1. The number of anilines is 1. The van der Waals surface area contributed by atoms with Crippen LogP contribution in [0.4, 0.5) is 5.69 Å². The van der Waals surface area contributed by atoms with Gasteiger partial charge in [0.1, 0.15) is 11.5 Å². The quantitative estimate of drug-likeness (QED) is 0.720. The highest BCUT2D eigenvalue weighted by atomic mass is 16.5. The summed E-state index contributed by atoms with van der Waals surface area (Å²) in [4.78, 5) is 20.0. The maximum atomic E-state index is 13.3. The van der Waals surface area contributed by atoms with E-state index in [1.165, 1.54) is 5.56 Å². The van der Waals surface area contributed by atoms with Crippen molar-refractivity contribution in [1.29, 1.82) is 0 Å². The molecule has 32 heavy (non-hydrogen) atoms. The molecule has 2 aromatic rings. The lowest BCUT2D eigenvalue weighted by atomic mass is 9.86. The Bertz CT molecular complexity index is 924. The topological polar surface area (TPSA) is 56.3 Å². The molecule has 0 bridgehead atoms. The Morgan fingerprint density at radius 1 is 1.12 bits per heavy atom. The molecule has 6 heteroatoms. The molecule has 1 saturated heterocycles. The van der Waals surface area contributed by atoms with Gasteiger partial charge < -0.3 is 19.6 Å². The number of nitrogens with zero attached hydrogens (tertiary/aromatic N) is 3. The maximum Gasteiger partial charge on any atom is 0.237 e. The number of phenolic OH excluding ortho intramolecular Hbond substituents is 1. The lowest BCUT2D eigenvalue weighted by molar-refractivity contribution is -0.135. The fraction of sp³-hybridized carbons (Fsp3) is 0.500. The van der Waals surface area contributed by atoms with E-state index in [2.05, 4.69) is 33.8 Å². The van der Waals surface area contributed by atoms with Crippen molar-refractivity contribution in [3.63, 3.8) is 0 Å². The van der Waals surface area contributed by atoms with Crippen molar-refractivity contribution in [3.05, 3.63) is 53.6 Å². The van der Waals surface area contributed by atoms with Crippen LogP contribution in [0.2, 0.25) is 0 Å². The van der Waals surface area contributed by atoms with Gasteiger partial charge in [-0.2, -0.15) is 0 Å². The highest BCUT2D eigenvalue weighted by Gasteiger charge is 2.30. The lowest BCUT2D eigenvalue weighted by Gasteiger charge is -2.39. The number of para-hydroxylation sites is 2. The first kappa shape index (κ1) is 22.5. The number of aromatic hydroxyl groups is 1. The number of carbonyl (C=O) groups excluding carboxylic acids is 1. The number of hydrogen-bond donors (Lipinski definition) is 1. The van der Waals surface area contributed by atoms with Gasteiger partial charge in [-0.3, -0.25) is 9.69 Å². The average Bonchev–Trinajstić information content (AvgIpc) is 2.83. The molecule has 1 fully saturated rings. The van der Waals surface area contributed by atoms with Gasteiger partial charge >= 0.3 is 0 Å². The summed E-state index contributed by atoms with van der Waals surface area (Å²) in [6, 6.07) is 14.1. The highest BCUT2D eigenvalue weighted by Crippen LogP contribution is 2.31. The maximum absolute atomic E-state index is 13.3. The Morgan fingerprint density at radius 3 is 2.66 bits per heavy atom. The molecule has 1 aliphatic heterocycles. The molecule has 1 N–H and O–H groups in total. The van der Waals surface area contributed by atoms with Crippen molar-refractivity contribution in [1.82, 2.24) is 9.80 Å². The van der Waals surface area contributed by atoms with Crippen LogP contribution in [-0.4, -0.2) is 73.2 Å². The summed E-state index contributed by atoms with van der Waals surface area (Å²) in [6.45, 7) is 6.90. The van der Waals surface area contributed by atoms with E-state index in [9.17, 15) is 9.90 Å². The standard InChI is InChI=1S/C26H35N3O3/c1-3-13-29(21-11-12-22-20(18-21)7-6-9-24(22)30)26(31)19-27-14-16-28(17-15-27)23-8-4-5-10-25(23)32-2/h4-10,21,30H,3,11-19H2,1-2H3/t21-/m0/s1. The molecule has 0 unspecified atom stereocenters. The van der Waals surface area contributed by atoms with E-state index in [0.29, 0.717) is 12.3 Å². The molecule has 2 aromatic carbocycles. The molecule has 1 heterocycles. The Kier molecular flexibility index (Phi) is 7.20. The molecule has 2 aliphatic rings. The summed E-state index contributed by atoms with van der Waals surface area (Å²) in [7, 11) is 1.71. The van der Waals surface area contributed by atoms with Gasteiger partial charge in [0, 0.05) is 38.8 Å². The van der Waals surface area contributed by atoms with Crippen LogP contribution in [0.3, 0.4) is 0 Å². The second-order valence-electron chi connectivity index (χ2n) is 8.83. The third-order valence-corrected chi connectivity index (χ3v) is 6.81. The van der Waals surface area contributed by atoms with E-state index < -0.39 is 0 Å². The van der Waals surface area contributed by atoms with Crippen LogP contribution in [-0.2, 0) is 17.6 Å². The van der Waals surface area contributed by atoms with E-state index >= 15 is 0 Å². The number of piperazine rings is 1. The predicted molar refractivity (Wildman–Crippen MR) is 128 cm³/mol. The third kappa shape index (κ3) is 4.85. The van der Waals surface area contributed by atoms with Gasteiger partial charge in [0.05, 0.1) is 19.3 Å². The molecule has 0 saturated carbocycles. The van der Waals surface area contributed by atoms with Crippen LogP contribution in [0.5, 0.6) is 11.5 Å². The molecule has 4 rings (SSSR count). The molecule has 172 valence electrons. The van der Waals surface area contributed by atoms with E-state index in [0.717, 1.165) is 75.4 Å². The average molecular weight is 438 g/mol. The zero-order valence-electron chi connectivity index (χ0n) is 19.3. The van der Waals surface area contributed by atoms with E-state index in [-0.39, 0.29) is 11.9 Å². The van der Waals surface area contributed by atoms with Crippen LogP contribution in [0.15, 0.2) is 42.5 Å². The monoisotopic (exact) mass is 437 g/mol. The minimum Gasteiger partial charge on any atom is -0.508 e. The Labute approximate surface area is 191 Å². The second-order valence-corrected chi connectivity index (χ2v) is 8.83. The van der Waals surface area contributed by atoms with Crippen molar-refractivity contribution < 1.29 is 14.6 Å². The first-order chi connectivity index (χ1) is 15.6. The van der Waals surface area contributed by atoms with E-state index in [1.54, 1.807) is 13.2 Å². The van der Waals surface area contributed by atoms with E-state index in [4.69, 9.17) is 4.74 Å². The summed E-state index contributed by atoms with van der Waals surface area (Å²) < 4.78 is 5.52. The second kappa shape index (κ2) is 10.3. The van der Waals surface area contributed by atoms with Crippen LogP contribution < -0.4 is 9.64 Å². The van der Waals surface area contributed by atoms with Crippen molar-refractivity contribution in [2.45, 2.75) is 38.6 Å². The summed E-state index contributed by atoms with van der Waals surface area (Å²) in [5.41, 5.74) is 3.36. The van der Waals surface area contributed by atoms with Gasteiger partial charge in [0.2, 0.25) is 5.91 Å². The molecule has 0 radical (unpaired) electrons. The summed E-state index contributed by atoms with van der Waals surface area (Å²) in [5, 5.41) is 10.1. The fourth-order valence-electron chi connectivity index (χ4n) is 5.11. The SMILES string of the molecule is CCCN(C(=O)CN1CCN(c2ccccc2OC)CC1)[C@H]1CCc2c(O)cccc2C1. The molecule has 0 aromatic heterocycles. The van der Waals surface area contributed by atoms with Gasteiger partial charge in [-0.15, -0.1) is 0 Å². The number of methoxy groups -OCH3 is 1. The number of carbonyl (C=O) groups is 1. The fourth-order valence-corrected chi connectivity index (χ4v) is 5.11. The lowest BCUT2D eigenvalue weighted by Crippen LogP contribution is -2.52. The molecule has 1 atom stereocenters. The Morgan fingerprint density at radius 2 is 1.91 bits per heavy atom. The van der Waals surface area contributed by atoms with Crippen LogP contribution in [0, 0.1) is 0 Å². The number of ether oxygens (including phenoxy) is 1. The van der Waals surface area contributed by atoms with Crippen molar-refractivity contribution >= 4 is 11.6 Å². The van der Waals surface area contributed by atoms with Crippen LogP contribution in [0.25, 0.3) is 0 Å². The third-order valence-electron chi connectivity index (χ3n) is 6.81. The van der Waals surface area contributed by atoms with Crippen molar-refractivity contribution in [2.24, 2.45) is 0 Å². The summed E-state index contributed by atoms with van der Waals surface area (Å²) in [6.07, 6.45) is 3.53. The van der Waals surface area contributed by atoms with Gasteiger partial charge in [-0.1, -0.05) is 31.2 Å². The molecular weight excluding hydrogens is 402 g/mol. The molecule has 1 aliphatic carbocycles. The normalized spacial score (nSPS) is 18.8. The number of benzene rings is 2. The molecule has 1 amide bonds. The smallest absolute Gasteiger partial charge is 0.237 e. The van der Waals surface area contributed by atoms with Gasteiger partial charge in [0.15, 0.2) is 0 Å². The largest absolute Gasteiger partial charge is 0.508 e. The minimum atomic E-state index is 0.214. The van der Waals surface area contributed by atoms with Crippen molar-refractivity contribution in [2.75, 3.05) is 51.3 Å². The first-order valence-electron chi connectivity index (χ1n) is 11.8. The number of phenols is 1. The molecule has 0 spiro atoms. The van der Waals surface area contributed by atoms with E-state index in [1.807, 2.05) is 24.3 Å². The molecular formula is C26H35N3O3. The van der Waals surface area contributed by atoms with Crippen LogP contribution >= 0.6 is 0 Å². The predicted octanol–water partition coefficient (Wildman–Crippen LogP) is 3.32. The number of hydrogen-bond acceptors (Lipinski definition) is 5. The zero-order valence-corrected chi connectivity index (χ0v) is 19.3. The van der Waals surface area contributed by atoms with Gasteiger partial charge in [0.25, 0.3) is 0 Å². The van der Waals surface area contributed by atoms with Gasteiger partial charge in [-0.05, 0) is 55.0 Å². The van der Waals surface area contributed by atoms with Crippen molar-refractivity contribution in [3.8, 4) is 11.5 Å². The molecule has 6 nitrogen and oxygen atoms in total. The number of fused-ring (bicyclic) bond motifs is 1. The Hall–Kier alpha value is -2.73. The highest BCUT2D eigenvalue weighted by molar-refractivity contribution is 5.79. The number of rotatable bonds is 7. The van der Waals surface area contributed by atoms with Crippen LogP contribution in [0.1, 0.15) is 30.9 Å². The summed E-state index contributed by atoms with van der Waals surface area (Å²) >= 11 is 0. The summed E-state index contributed by atoms with van der Waals surface area (Å²) in [5.74, 6) is 1.52. The minimum absolute atomic E-state index is 0.214. The first-order valence-corrected chi connectivity index (χ1v) is 11.8. The van der Waals surface area contributed by atoms with Gasteiger partial charge in [-0.25, -0.2) is 0 Å².